The van der Waals surface area contributed by atoms with Crippen LogP contribution in [0, 0.1) is 0 Å². The van der Waals surface area contributed by atoms with E-state index in [0.717, 1.165) is 30.8 Å². The largest absolute Gasteiger partial charge is 0.352 e. The summed E-state index contributed by atoms with van der Waals surface area (Å²) in [6, 6.07) is 13.4. The Bertz CT molecular complexity index is 715. The molecule has 2 aromatic carbocycles. The molecule has 0 spiro atoms. The molecule has 2 aromatic rings. The second-order valence-corrected chi connectivity index (χ2v) is 6.76. The number of benzene rings is 2. The van der Waals surface area contributed by atoms with E-state index in [-0.39, 0.29) is 12.3 Å². The summed E-state index contributed by atoms with van der Waals surface area (Å²) in [7, 11) is 0. The SMILES string of the molecule is CCN(CC)Cc1ccccc1CNC(=O)Cc1ccc(Cl)cc1Cl. The highest BCUT2D eigenvalue weighted by Crippen LogP contribution is 2.21. The lowest BCUT2D eigenvalue weighted by molar-refractivity contribution is -0.120. The number of rotatable bonds is 8. The van der Waals surface area contributed by atoms with Crippen molar-refractivity contribution in [1.82, 2.24) is 10.2 Å². The molecule has 0 atom stereocenters. The van der Waals surface area contributed by atoms with Crippen molar-refractivity contribution < 1.29 is 4.79 Å². The molecule has 2 rings (SSSR count). The third kappa shape index (κ3) is 6.03. The van der Waals surface area contributed by atoms with Gasteiger partial charge in [-0.05, 0) is 41.9 Å². The normalized spacial score (nSPS) is 10.9. The second kappa shape index (κ2) is 9.81. The fourth-order valence-corrected chi connectivity index (χ4v) is 3.14. The molecule has 1 amide bonds. The third-order valence-corrected chi connectivity index (χ3v) is 4.84. The smallest absolute Gasteiger partial charge is 0.224 e. The summed E-state index contributed by atoms with van der Waals surface area (Å²) >= 11 is 12.0. The van der Waals surface area contributed by atoms with Crippen LogP contribution in [0.2, 0.25) is 10.0 Å². The fraction of sp³-hybridized carbons (Fsp3) is 0.350. The summed E-state index contributed by atoms with van der Waals surface area (Å²) < 4.78 is 0. The Hall–Kier alpha value is -1.55. The lowest BCUT2D eigenvalue weighted by atomic mass is 10.1. The maximum Gasteiger partial charge on any atom is 0.224 e. The van der Waals surface area contributed by atoms with Crippen molar-refractivity contribution >= 4 is 29.1 Å². The molecule has 1 N–H and O–H groups in total. The van der Waals surface area contributed by atoms with E-state index in [4.69, 9.17) is 23.2 Å². The second-order valence-electron chi connectivity index (χ2n) is 5.92. The lowest BCUT2D eigenvalue weighted by Crippen LogP contribution is -2.27. The number of carbonyl (C=O) groups excluding carboxylic acids is 1. The Kier molecular flexibility index (Phi) is 7.76. The topological polar surface area (TPSA) is 32.3 Å². The van der Waals surface area contributed by atoms with Crippen molar-refractivity contribution in [2.75, 3.05) is 13.1 Å². The molecular weight excluding hydrogens is 355 g/mol. The van der Waals surface area contributed by atoms with E-state index in [9.17, 15) is 4.79 Å². The molecule has 0 heterocycles. The van der Waals surface area contributed by atoms with Crippen molar-refractivity contribution in [3.63, 3.8) is 0 Å². The molecular formula is C20H24Cl2N2O. The number of hydrogen-bond acceptors (Lipinski definition) is 2. The standard InChI is InChI=1S/C20H24Cl2N2O/c1-3-24(4-2)14-17-8-6-5-7-16(17)13-23-20(25)11-15-9-10-18(21)12-19(15)22/h5-10,12H,3-4,11,13-14H2,1-2H3,(H,23,25). The first-order valence-electron chi connectivity index (χ1n) is 8.53. The van der Waals surface area contributed by atoms with Crippen LogP contribution in [0.1, 0.15) is 30.5 Å². The van der Waals surface area contributed by atoms with Gasteiger partial charge in [-0.3, -0.25) is 9.69 Å². The molecule has 0 aliphatic heterocycles. The zero-order valence-electron chi connectivity index (χ0n) is 14.7. The van der Waals surface area contributed by atoms with E-state index in [1.165, 1.54) is 5.56 Å². The maximum absolute atomic E-state index is 12.3. The van der Waals surface area contributed by atoms with Crippen LogP contribution in [0.3, 0.4) is 0 Å². The first-order valence-corrected chi connectivity index (χ1v) is 9.28. The predicted octanol–water partition coefficient (Wildman–Crippen LogP) is 4.69. The predicted molar refractivity (Wildman–Crippen MR) is 105 cm³/mol. The minimum absolute atomic E-state index is 0.0538. The molecule has 25 heavy (non-hydrogen) atoms. The number of hydrogen-bond donors (Lipinski definition) is 1. The average molecular weight is 379 g/mol. The lowest BCUT2D eigenvalue weighted by Gasteiger charge is -2.20. The molecule has 134 valence electrons. The van der Waals surface area contributed by atoms with Gasteiger partial charge in [0, 0.05) is 23.1 Å². The third-order valence-electron chi connectivity index (χ3n) is 4.25. The summed E-state index contributed by atoms with van der Waals surface area (Å²) in [5, 5.41) is 4.08. The van der Waals surface area contributed by atoms with E-state index < -0.39 is 0 Å². The van der Waals surface area contributed by atoms with Crippen molar-refractivity contribution in [3.8, 4) is 0 Å². The fourth-order valence-electron chi connectivity index (χ4n) is 2.67. The van der Waals surface area contributed by atoms with Crippen LogP contribution in [-0.2, 0) is 24.3 Å². The number of amides is 1. The van der Waals surface area contributed by atoms with Gasteiger partial charge in [-0.2, -0.15) is 0 Å². The molecule has 0 bridgehead atoms. The first-order chi connectivity index (χ1) is 12.0. The Balaban J connectivity index is 1.97. The molecule has 0 radical (unpaired) electrons. The van der Waals surface area contributed by atoms with Crippen LogP contribution in [0.4, 0.5) is 0 Å². The highest BCUT2D eigenvalue weighted by molar-refractivity contribution is 6.35. The van der Waals surface area contributed by atoms with Crippen molar-refractivity contribution in [3.05, 3.63) is 69.2 Å². The highest BCUT2D eigenvalue weighted by Gasteiger charge is 2.10. The van der Waals surface area contributed by atoms with Crippen molar-refractivity contribution in [2.24, 2.45) is 0 Å². The number of nitrogens with one attached hydrogen (secondary N) is 1. The number of carbonyl (C=O) groups is 1. The van der Waals surface area contributed by atoms with Gasteiger partial charge in [0.05, 0.1) is 6.42 Å². The molecule has 0 saturated carbocycles. The molecule has 3 nitrogen and oxygen atoms in total. The van der Waals surface area contributed by atoms with Gasteiger partial charge in [-0.1, -0.05) is 67.4 Å². The Labute approximate surface area is 159 Å². The summed E-state index contributed by atoms with van der Waals surface area (Å²) in [5.41, 5.74) is 3.17. The van der Waals surface area contributed by atoms with E-state index in [2.05, 4.69) is 36.2 Å². The Morgan fingerprint density at radius 1 is 1.00 bits per heavy atom. The van der Waals surface area contributed by atoms with Gasteiger partial charge in [-0.25, -0.2) is 0 Å². The number of nitrogens with zero attached hydrogens (tertiary/aromatic N) is 1. The van der Waals surface area contributed by atoms with E-state index in [0.29, 0.717) is 16.6 Å². The van der Waals surface area contributed by atoms with Gasteiger partial charge >= 0.3 is 0 Å². The molecule has 0 aromatic heterocycles. The molecule has 0 saturated heterocycles. The molecule has 0 unspecified atom stereocenters. The van der Waals surface area contributed by atoms with Crippen molar-refractivity contribution in [2.45, 2.75) is 33.4 Å². The zero-order chi connectivity index (χ0) is 18.2. The Morgan fingerprint density at radius 2 is 1.68 bits per heavy atom. The minimum Gasteiger partial charge on any atom is -0.352 e. The van der Waals surface area contributed by atoms with Crippen LogP contribution in [0.5, 0.6) is 0 Å². The monoisotopic (exact) mass is 378 g/mol. The van der Waals surface area contributed by atoms with Gasteiger partial charge in [0.15, 0.2) is 0 Å². The van der Waals surface area contributed by atoms with Crippen LogP contribution in [-0.4, -0.2) is 23.9 Å². The molecule has 5 heteroatoms. The summed E-state index contributed by atoms with van der Waals surface area (Å²) in [4.78, 5) is 14.6. The summed E-state index contributed by atoms with van der Waals surface area (Å²) in [6.07, 6.45) is 0.244. The van der Waals surface area contributed by atoms with E-state index in [1.54, 1.807) is 18.2 Å². The molecule has 0 aliphatic carbocycles. The van der Waals surface area contributed by atoms with Gasteiger partial charge in [-0.15, -0.1) is 0 Å². The van der Waals surface area contributed by atoms with Gasteiger partial charge in [0.2, 0.25) is 5.91 Å². The minimum atomic E-state index is -0.0538. The highest BCUT2D eigenvalue weighted by atomic mass is 35.5. The summed E-state index contributed by atoms with van der Waals surface area (Å²) in [6.45, 7) is 7.73. The van der Waals surface area contributed by atoms with Crippen LogP contribution in [0.15, 0.2) is 42.5 Å². The van der Waals surface area contributed by atoms with Gasteiger partial charge in [0.25, 0.3) is 0 Å². The maximum atomic E-state index is 12.3. The van der Waals surface area contributed by atoms with E-state index in [1.807, 2.05) is 12.1 Å². The first kappa shape index (κ1) is 19.8. The van der Waals surface area contributed by atoms with E-state index >= 15 is 0 Å². The van der Waals surface area contributed by atoms with Gasteiger partial charge < -0.3 is 5.32 Å². The molecule has 0 fully saturated rings. The van der Waals surface area contributed by atoms with Crippen LogP contribution in [0.25, 0.3) is 0 Å². The zero-order valence-corrected chi connectivity index (χ0v) is 16.2. The van der Waals surface area contributed by atoms with Crippen LogP contribution < -0.4 is 5.32 Å². The Morgan fingerprint density at radius 3 is 2.32 bits per heavy atom. The quantitative estimate of drug-likeness (QED) is 0.722. The van der Waals surface area contributed by atoms with Crippen LogP contribution >= 0.6 is 23.2 Å². The molecule has 0 aliphatic rings. The average Bonchev–Trinajstić information content (AvgIpc) is 2.61. The van der Waals surface area contributed by atoms with Crippen molar-refractivity contribution in [1.29, 1.82) is 0 Å². The van der Waals surface area contributed by atoms with Gasteiger partial charge in [0.1, 0.15) is 0 Å². The summed E-state index contributed by atoms with van der Waals surface area (Å²) in [5.74, 6) is -0.0538. The number of halogens is 2.